The van der Waals surface area contributed by atoms with Gasteiger partial charge in [0.25, 0.3) is 0 Å². The Labute approximate surface area is 192 Å². The van der Waals surface area contributed by atoms with Crippen LogP contribution in [0.2, 0.25) is 0 Å². The molecule has 0 aliphatic carbocycles. The van der Waals surface area contributed by atoms with Crippen LogP contribution in [0.3, 0.4) is 0 Å². The summed E-state index contributed by atoms with van der Waals surface area (Å²) < 4.78 is 15.3. The Morgan fingerprint density at radius 1 is 1.19 bits per heavy atom. The van der Waals surface area contributed by atoms with Gasteiger partial charge < -0.3 is 14.8 Å². The SMILES string of the molecule is CC(C)CCN1C(=O)CSc2c(c3ccccc3n2C)C1C(=O)NCc1ccc(F)cc1. The predicted molar refractivity (Wildman–Crippen MR) is 126 cm³/mol. The molecule has 0 saturated heterocycles. The molecule has 1 N–H and O–H groups in total. The summed E-state index contributed by atoms with van der Waals surface area (Å²) in [5.41, 5.74) is 2.74. The normalized spacial score (nSPS) is 16.3. The molecule has 0 fully saturated rings. The molecule has 2 heterocycles. The van der Waals surface area contributed by atoms with Crippen molar-refractivity contribution in [2.24, 2.45) is 13.0 Å². The van der Waals surface area contributed by atoms with E-state index in [-0.39, 0.29) is 24.2 Å². The van der Waals surface area contributed by atoms with E-state index in [2.05, 4.69) is 23.7 Å². The van der Waals surface area contributed by atoms with Crippen LogP contribution in [0.1, 0.15) is 37.4 Å². The minimum atomic E-state index is -0.710. The van der Waals surface area contributed by atoms with Gasteiger partial charge in [0.15, 0.2) is 0 Å². The number of hydrogen-bond acceptors (Lipinski definition) is 3. The van der Waals surface area contributed by atoms with Gasteiger partial charge in [-0.2, -0.15) is 0 Å². The van der Waals surface area contributed by atoms with Gasteiger partial charge in [0.1, 0.15) is 11.9 Å². The first-order chi connectivity index (χ1) is 15.4. The number of thioether (sulfide) groups is 1. The second-order valence-corrected chi connectivity index (χ2v) is 9.56. The van der Waals surface area contributed by atoms with Crippen LogP contribution in [0.4, 0.5) is 4.39 Å². The molecule has 3 aromatic rings. The van der Waals surface area contributed by atoms with Gasteiger partial charge in [-0.15, -0.1) is 0 Å². The number of para-hydroxylation sites is 1. The zero-order chi connectivity index (χ0) is 22.8. The fourth-order valence-corrected chi connectivity index (χ4v) is 5.26. The summed E-state index contributed by atoms with van der Waals surface area (Å²) in [5, 5.41) is 4.94. The van der Waals surface area contributed by atoms with E-state index in [0.717, 1.165) is 33.5 Å². The summed E-state index contributed by atoms with van der Waals surface area (Å²) >= 11 is 1.50. The lowest BCUT2D eigenvalue weighted by Gasteiger charge is -2.30. The van der Waals surface area contributed by atoms with Crippen LogP contribution in [0.15, 0.2) is 53.6 Å². The fourth-order valence-electron chi connectivity index (χ4n) is 4.16. The highest BCUT2D eigenvalue weighted by atomic mass is 32.2. The number of benzene rings is 2. The van der Waals surface area contributed by atoms with Crippen LogP contribution >= 0.6 is 11.8 Å². The van der Waals surface area contributed by atoms with Crippen molar-refractivity contribution < 1.29 is 14.0 Å². The van der Waals surface area contributed by atoms with Gasteiger partial charge in [-0.3, -0.25) is 9.59 Å². The van der Waals surface area contributed by atoms with Crippen molar-refractivity contribution in [3.63, 3.8) is 0 Å². The van der Waals surface area contributed by atoms with Gasteiger partial charge in [0, 0.05) is 36.6 Å². The lowest BCUT2D eigenvalue weighted by Crippen LogP contribution is -2.44. The van der Waals surface area contributed by atoms with E-state index < -0.39 is 6.04 Å². The third kappa shape index (κ3) is 4.39. The van der Waals surface area contributed by atoms with E-state index in [1.165, 1.54) is 23.9 Å². The third-order valence-corrected chi connectivity index (χ3v) is 7.06. The molecule has 0 spiro atoms. The highest BCUT2D eigenvalue weighted by Crippen LogP contribution is 2.41. The standard InChI is InChI=1S/C25H28FN3O2S/c1-16(2)12-13-29-21(30)15-32-25-22(19-6-4-5-7-20(19)28(25)3)23(29)24(31)27-14-17-8-10-18(26)11-9-17/h4-11,16,23H,12-15H2,1-3H3,(H,27,31). The zero-order valence-corrected chi connectivity index (χ0v) is 19.4. The van der Waals surface area contributed by atoms with Crippen LogP contribution in [0, 0.1) is 11.7 Å². The summed E-state index contributed by atoms with van der Waals surface area (Å²) in [4.78, 5) is 28.5. The number of nitrogens with one attached hydrogen (secondary N) is 1. The Balaban J connectivity index is 1.74. The first-order valence-corrected chi connectivity index (χ1v) is 11.9. The van der Waals surface area contributed by atoms with E-state index in [1.807, 2.05) is 31.3 Å². The molecule has 168 valence electrons. The number of nitrogens with zero attached hydrogens (tertiary/aromatic N) is 2. The summed E-state index contributed by atoms with van der Waals surface area (Å²) in [6.07, 6.45) is 0.818. The Morgan fingerprint density at radius 2 is 1.91 bits per heavy atom. The van der Waals surface area contributed by atoms with Crippen molar-refractivity contribution in [1.82, 2.24) is 14.8 Å². The molecular weight excluding hydrogens is 425 g/mol. The number of carbonyl (C=O) groups is 2. The van der Waals surface area contributed by atoms with E-state index in [1.54, 1.807) is 17.0 Å². The lowest BCUT2D eigenvalue weighted by molar-refractivity contribution is -0.139. The molecule has 1 aliphatic heterocycles. The molecule has 0 radical (unpaired) electrons. The largest absolute Gasteiger partial charge is 0.350 e. The number of aryl methyl sites for hydroxylation is 1. The first-order valence-electron chi connectivity index (χ1n) is 10.9. The van der Waals surface area contributed by atoms with Gasteiger partial charge in [0.05, 0.1) is 10.8 Å². The summed E-state index contributed by atoms with van der Waals surface area (Å²) in [5.74, 6) is 0.154. The van der Waals surface area contributed by atoms with E-state index in [0.29, 0.717) is 18.2 Å². The van der Waals surface area contributed by atoms with Crippen LogP contribution in [0.5, 0.6) is 0 Å². The van der Waals surface area contributed by atoms with Crippen molar-refractivity contribution in [1.29, 1.82) is 0 Å². The number of hydrogen-bond donors (Lipinski definition) is 1. The maximum Gasteiger partial charge on any atom is 0.247 e. The molecule has 0 bridgehead atoms. The van der Waals surface area contributed by atoms with Crippen LogP contribution < -0.4 is 5.32 Å². The molecule has 1 unspecified atom stereocenters. The van der Waals surface area contributed by atoms with Crippen molar-refractivity contribution in [2.45, 2.75) is 37.9 Å². The Kier molecular flexibility index (Phi) is 6.55. The molecule has 1 atom stereocenters. The first kappa shape index (κ1) is 22.4. The minimum Gasteiger partial charge on any atom is -0.350 e. The number of aromatic nitrogens is 1. The molecule has 5 nitrogen and oxygen atoms in total. The molecule has 32 heavy (non-hydrogen) atoms. The van der Waals surface area contributed by atoms with E-state index in [9.17, 15) is 14.0 Å². The number of halogens is 1. The van der Waals surface area contributed by atoms with E-state index >= 15 is 0 Å². The fraction of sp³-hybridized carbons (Fsp3) is 0.360. The molecule has 1 aromatic heterocycles. The second kappa shape index (κ2) is 9.36. The smallest absolute Gasteiger partial charge is 0.247 e. The molecule has 0 saturated carbocycles. The average molecular weight is 454 g/mol. The van der Waals surface area contributed by atoms with Crippen molar-refractivity contribution in [2.75, 3.05) is 12.3 Å². The van der Waals surface area contributed by atoms with Gasteiger partial charge >= 0.3 is 0 Å². The van der Waals surface area contributed by atoms with Gasteiger partial charge in [-0.25, -0.2) is 4.39 Å². The maximum atomic E-state index is 13.6. The van der Waals surface area contributed by atoms with E-state index in [4.69, 9.17) is 0 Å². The summed E-state index contributed by atoms with van der Waals surface area (Å²) in [6.45, 7) is 5.03. The molecule has 2 aromatic carbocycles. The Morgan fingerprint density at radius 3 is 2.62 bits per heavy atom. The third-order valence-electron chi connectivity index (χ3n) is 5.90. The highest BCUT2D eigenvalue weighted by Gasteiger charge is 2.38. The quantitative estimate of drug-likeness (QED) is 0.591. The van der Waals surface area contributed by atoms with Crippen LogP contribution in [0.25, 0.3) is 10.9 Å². The number of fused-ring (bicyclic) bond motifs is 3. The van der Waals surface area contributed by atoms with Gasteiger partial charge in [-0.05, 0) is 36.1 Å². The summed E-state index contributed by atoms with van der Waals surface area (Å²) in [7, 11) is 1.98. The minimum absolute atomic E-state index is 0.0298. The Hall–Kier alpha value is -2.80. The molecule has 4 rings (SSSR count). The maximum absolute atomic E-state index is 13.6. The lowest BCUT2D eigenvalue weighted by atomic mass is 10.0. The summed E-state index contributed by atoms with van der Waals surface area (Å²) in [6, 6.07) is 13.4. The number of rotatable bonds is 6. The van der Waals surface area contributed by atoms with Gasteiger partial charge in [0.2, 0.25) is 11.8 Å². The van der Waals surface area contributed by atoms with Crippen LogP contribution in [-0.4, -0.2) is 33.6 Å². The molecule has 2 amide bonds. The average Bonchev–Trinajstić information content (AvgIpc) is 2.96. The monoisotopic (exact) mass is 453 g/mol. The molecule has 1 aliphatic rings. The molecular formula is C25H28FN3O2S. The van der Waals surface area contributed by atoms with Crippen molar-refractivity contribution in [3.8, 4) is 0 Å². The highest BCUT2D eigenvalue weighted by molar-refractivity contribution is 8.00. The molecule has 7 heteroatoms. The topological polar surface area (TPSA) is 54.3 Å². The van der Waals surface area contributed by atoms with Crippen LogP contribution in [-0.2, 0) is 23.2 Å². The Bertz CT molecular complexity index is 1140. The van der Waals surface area contributed by atoms with Gasteiger partial charge in [-0.1, -0.05) is 55.9 Å². The number of amides is 2. The van der Waals surface area contributed by atoms with Crippen molar-refractivity contribution in [3.05, 3.63) is 65.5 Å². The number of carbonyl (C=O) groups excluding carboxylic acids is 2. The zero-order valence-electron chi connectivity index (χ0n) is 18.6. The van der Waals surface area contributed by atoms with Crippen molar-refractivity contribution >= 4 is 34.5 Å². The second-order valence-electron chi connectivity index (χ2n) is 8.60. The predicted octanol–water partition coefficient (Wildman–Crippen LogP) is 4.66.